The average molecular weight is 809 g/mol. The third kappa shape index (κ3) is 9.84. The largest absolute Gasteiger partial charge is 0.491 e. The standard InChI is InChI=1S/C47H38ClFN4O6/c48-40-27-36(15-19-42(40)58-28-31-6-1-9-35(49)23-31)52-46-39-25-33(14-18-41(39)50-29-51-46)32-12-16-37(17-13-32)57-22-21-56-20-4-7-30-5-2-10-38(24-30)59-43-11-3-8-34-26-44(54)53-47(55)45(34)43/h1-3,5-6,8-19,23-25,27,29H,4,7,20-22,26,28H2,(H,50,51,52)(H,53,54,55). The molecular weight excluding hydrogens is 771 g/mol. The van der Waals surface area contributed by atoms with Crippen molar-refractivity contribution >= 4 is 45.8 Å². The van der Waals surface area contributed by atoms with Gasteiger partial charge in [0, 0.05) is 17.7 Å². The minimum Gasteiger partial charge on any atom is -0.491 e. The molecule has 0 saturated carbocycles. The van der Waals surface area contributed by atoms with Crippen LogP contribution < -0.4 is 24.8 Å². The van der Waals surface area contributed by atoms with Crippen LogP contribution >= 0.6 is 11.6 Å². The van der Waals surface area contributed by atoms with Gasteiger partial charge in [-0.1, -0.05) is 66.2 Å². The zero-order chi connectivity index (χ0) is 40.6. The number of rotatable bonds is 16. The van der Waals surface area contributed by atoms with Crippen LogP contribution in [-0.2, 0) is 29.0 Å². The Bertz CT molecular complexity index is 2640. The van der Waals surface area contributed by atoms with E-state index < -0.39 is 5.91 Å². The third-order valence-corrected chi connectivity index (χ3v) is 9.92. The molecule has 12 heteroatoms. The summed E-state index contributed by atoms with van der Waals surface area (Å²) in [6, 6.07) is 38.6. The lowest BCUT2D eigenvalue weighted by atomic mass is 9.99. The van der Waals surface area contributed by atoms with Crippen LogP contribution in [-0.4, -0.2) is 41.6 Å². The molecule has 0 unspecified atom stereocenters. The van der Waals surface area contributed by atoms with Crippen molar-refractivity contribution in [2.75, 3.05) is 25.1 Å². The number of anilines is 2. The van der Waals surface area contributed by atoms with Crippen LogP contribution in [0.3, 0.4) is 0 Å². The molecule has 10 nitrogen and oxygen atoms in total. The summed E-state index contributed by atoms with van der Waals surface area (Å²) in [5, 5.41) is 6.97. The molecule has 0 atom stereocenters. The maximum absolute atomic E-state index is 13.6. The zero-order valence-corrected chi connectivity index (χ0v) is 32.5. The van der Waals surface area contributed by atoms with Gasteiger partial charge < -0.3 is 24.3 Å². The second kappa shape index (κ2) is 18.2. The number of hydrogen-bond donors (Lipinski definition) is 2. The van der Waals surface area contributed by atoms with Crippen LogP contribution in [0.2, 0.25) is 5.02 Å². The lowest BCUT2D eigenvalue weighted by Gasteiger charge is -2.18. The van der Waals surface area contributed by atoms with Gasteiger partial charge in [0.1, 0.15) is 54.2 Å². The molecule has 1 aromatic heterocycles. The highest BCUT2D eigenvalue weighted by Gasteiger charge is 2.26. The Morgan fingerprint density at radius 2 is 1.56 bits per heavy atom. The summed E-state index contributed by atoms with van der Waals surface area (Å²) in [6.07, 6.45) is 3.26. The monoisotopic (exact) mass is 808 g/mol. The van der Waals surface area contributed by atoms with Gasteiger partial charge in [-0.3, -0.25) is 14.9 Å². The summed E-state index contributed by atoms with van der Waals surface area (Å²) < 4.78 is 37.3. The van der Waals surface area contributed by atoms with Crippen LogP contribution in [0.5, 0.6) is 23.0 Å². The number of nitrogens with zero attached hydrogens (tertiary/aromatic N) is 2. The topological polar surface area (TPSA) is 121 Å². The molecule has 59 heavy (non-hydrogen) atoms. The molecule has 2 N–H and O–H groups in total. The molecule has 0 radical (unpaired) electrons. The number of imide groups is 1. The van der Waals surface area contributed by atoms with Crippen molar-refractivity contribution in [3.8, 4) is 34.1 Å². The number of aryl methyl sites for hydroxylation is 1. The van der Waals surface area contributed by atoms with Gasteiger partial charge in [-0.2, -0.15) is 0 Å². The minimum absolute atomic E-state index is 0.147. The Balaban J connectivity index is 0.797. The number of aromatic nitrogens is 2. The van der Waals surface area contributed by atoms with Gasteiger partial charge in [-0.15, -0.1) is 0 Å². The van der Waals surface area contributed by atoms with Gasteiger partial charge in [0.15, 0.2) is 0 Å². The van der Waals surface area contributed by atoms with E-state index in [1.807, 2.05) is 72.8 Å². The van der Waals surface area contributed by atoms with Crippen molar-refractivity contribution in [1.29, 1.82) is 0 Å². The number of ether oxygens (including phenoxy) is 4. The van der Waals surface area contributed by atoms with E-state index in [-0.39, 0.29) is 24.8 Å². The van der Waals surface area contributed by atoms with Crippen molar-refractivity contribution in [2.24, 2.45) is 0 Å². The summed E-state index contributed by atoms with van der Waals surface area (Å²) in [5.74, 6) is 1.82. The molecule has 0 fully saturated rings. The van der Waals surface area contributed by atoms with E-state index in [1.54, 1.807) is 42.5 Å². The van der Waals surface area contributed by atoms with E-state index in [1.165, 1.54) is 18.5 Å². The lowest BCUT2D eigenvalue weighted by molar-refractivity contribution is -0.119. The Kier molecular flexibility index (Phi) is 12.0. The molecule has 1 aliphatic rings. The van der Waals surface area contributed by atoms with Crippen molar-refractivity contribution in [1.82, 2.24) is 15.3 Å². The Labute approximate surface area is 344 Å². The van der Waals surface area contributed by atoms with E-state index >= 15 is 0 Å². The fourth-order valence-electron chi connectivity index (χ4n) is 6.76. The maximum atomic E-state index is 13.6. The molecule has 1 aliphatic heterocycles. The molecule has 8 rings (SSSR count). The molecule has 6 aromatic carbocycles. The van der Waals surface area contributed by atoms with E-state index in [9.17, 15) is 14.0 Å². The first-order valence-corrected chi connectivity index (χ1v) is 19.4. The van der Waals surface area contributed by atoms with Crippen LogP contribution in [0.1, 0.15) is 33.5 Å². The van der Waals surface area contributed by atoms with Crippen LogP contribution in [0.4, 0.5) is 15.9 Å². The maximum Gasteiger partial charge on any atom is 0.261 e. The van der Waals surface area contributed by atoms with E-state index in [0.29, 0.717) is 64.6 Å². The van der Waals surface area contributed by atoms with Crippen molar-refractivity contribution < 1.29 is 32.9 Å². The number of halogens is 2. The molecule has 296 valence electrons. The molecule has 0 spiro atoms. The van der Waals surface area contributed by atoms with Crippen LogP contribution in [0, 0.1) is 5.82 Å². The quantitative estimate of drug-likeness (QED) is 0.0726. The summed E-state index contributed by atoms with van der Waals surface area (Å²) in [6.45, 7) is 1.62. The van der Waals surface area contributed by atoms with Crippen molar-refractivity contribution in [3.05, 3.63) is 167 Å². The number of nitrogens with one attached hydrogen (secondary N) is 2. The Hall–Kier alpha value is -6.82. The minimum atomic E-state index is -0.443. The highest BCUT2D eigenvalue weighted by molar-refractivity contribution is 6.32. The molecular formula is C47H38ClFN4O6. The first kappa shape index (κ1) is 39.0. The first-order chi connectivity index (χ1) is 28.8. The van der Waals surface area contributed by atoms with Gasteiger partial charge in [0.25, 0.3) is 5.91 Å². The van der Waals surface area contributed by atoms with Crippen LogP contribution in [0.25, 0.3) is 22.0 Å². The lowest BCUT2D eigenvalue weighted by Crippen LogP contribution is -2.37. The number of benzene rings is 6. The van der Waals surface area contributed by atoms with Gasteiger partial charge in [-0.25, -0.2) is 14.4 Å². The average Bonchev–Trinajstić information content (AvgIpc) is 3.23. The SMILES string of the molecule is O=C1Cc2cccc(Oc3cccc(CCCOCCOc4ccc(-c5ccc6ncnc(Nc7ccc(OCc8cccc(F)c8)c(Cl)c7)c6c5)cc4)c3)c2C(=O)N1. The van der Waals surface area contributed by atoms with Crippen LogP contribution in [0.15, 0.2) is 134 Å². The van der Waals surface area contributed by atoms with Gasteiger partial charge >= 0.3 is 0 Å². The Morgan fingerprint density at radius 3 is 2.42 bits per heavy atom. The molecule has 0 saturated heterocycles. The molecule has 0 bridgehead atoms. The second-order valence-corrected chi connectivity index (χ2v) is 14.2. The van der Waals surface area contributed by atoms with Gasteiger partial charge in [-0.05, 0) is 113 Å². The van der Waals surface area contributed by atoms with E-state index in [4.69, 9.17) is 30.5 Å². The number of carbonyl (C=O) groups is 2. The zero-order valence-electron chi connectivity index (χ0n) is 31.8. The second-order valence-electron chi connectivity index (χ2n) is 13.8. The summed E-state index contributed by atoms with van der Waals surface area (Å²) in [5.41, 5.74) is 6.35. The predicted octanol–water partition coefficient (Wildman–Crippen LogP) is 10.0. The molecule has 7 aromatic rings. The number of carbonyl (C=O) groups excluding carboxylic acids is 2. The molecule has 2 amide bonds. The van der Waals surface area contributed by atoms with E-state index in [0.717, 1.165) is 51.9 Å². The number of hydrogen-bond acceptors (Lipinski definition) is 9. The summed E-state index contributed by atoms with van der Waals surface area (Å²) >= 11 is 6.55. The summed E-state index contributed by atoms with van der Waals surface area (Å²) in [4.78, 5) is 33.2. The van der Waals surface area contributed by atoms with Gasteiger partial charge in [0.2, 0.25) is 5.91 Å². The molecule has 0 aliphatic carbocycles. The predicted molar refractivity (Wildman–Crippen MR) is 224 cm³/mol. The first-order valence-electron chi connectivity index (χ1n) is 19.1. The summed E-state index contributed by atoms with van der Waals surface area (Å²) in [7, 11) is 0. The van der Waals surface area contributed by atoms with Gasteiger partial charge in [0.05, 0.1) is 29.1 Å². The molecule has 2 heterocycles. The fourth-order valence-corrected chi connectivity index (χ4v) is 7.00. The smallest absolute Gasteiger partial charge is 0.261 e. The fraction of sp³-hybridized carbons (Fsp3) is 0.149. The highest BCUT2D eigenvalue weighted by Crippen LogP contribution is 2.34. The van der Waals surface area contributed by atoms with Crippen molar-refractivity contribution in [2.45, 2.75) is 25.9 Å². The highest BCUT2D eigenvalue weighted by atomic mass is 35.5. The van der Waals surface area contributed by atoms with Crippen molar-refractivity contribution in [3.63, 3.8) is 0 Å². The normalized spacial score (nSPS) is 12.2. The number of amides is 2. The van der Waals surface area contributed by atoms with E-state index in [2.05, 4.69) is 20.6 Å². The Morgan fingerprint density at radius 1 is 0.729 bits per heavy atom. The third-order valence-electron chi connectivity index (χ3n) is 9.62. The number of fused-ring (bicyclic) bond motifs is 2.